The molecule has 1 saturated heterocycles. The maximum Gasteiger partial charge on any atom is 0.265 e. The van der Waals surface area contributed by atoms with Crippen molar-refractivity contribution in [1.82, 2.24) is 9.80 Å². The van der Waals surface area contributed by atoms with Crippen LogP contribution >= 0.6 is 22.9 Å². The van der Waals surface area contributed by atoms with Gasteiger partial charge in [-0.2, -0.15) is 0 Å². The van der Waals surface area contributed by atoms with E-state index in [9.17, 15) is 4.79 Å². The van der Waals surface area contributed by atoms with Crippen LogP contribution in [0.25, 0.3) is 10.1 Å². The summed E-state index contributed by atoms with van der Waals surface area (Å²) in [4.78, 5) is 18.1. The molecule has 0 spiro atoms. The number of nitrogens with zero attached hydrogens (tertiary/aromatic N) is 2. The molecule has 0 atom stereocenters. The summed E-state index contributed by atoms with van der Waals surface area (Å²) >= 11 is 7.97. The highest BCUT2D eigenvalue weighted by Crippen LogP contribution is 2.36. The van der Waals surface area contributed by atoms with E-state index >= 15 is 0 Å². The van der Waals surface area contributed by atoms with Crippen LogP contribution in [0.5, 0.6) is 0 Å². The van der Waals surface area contributed by atoms with Gasteiger partial charge in [0, 0.05) is 42.3 Å². The Balaban J connectivity index is 1.48. The summed E-state index contributed by atoms with van der Waals surface area (Å²) in [5.74, 6) is 0.0993. The van der Waals surface area contributed by atoms with E-state index in [-0.39, 0.29) is 5.91 Å². The van der Waals surface area contributed by atoms with Gasteiger partial charge >= 0.3 is 0 Å². The summed E-state index contributed by atoms with van der Waals surface area (Å²) in [6, 6.07) is 8.73. The van der Waals surface area contributed by atoms with E-state index in [0.717, 1.165) is 42.3 Å². The lowest BCUT2D eigenvalue weighted by Crippen LogP contribution is -2.51. The van der Waals surface area contributed by atoms with E-state index in [1.54, 1.807) is 0 Å². The minimum atomic E-state index is 0.0993. The fourth-order valence-corrected chi connectivity index (χ4v) is 5.33. The molecule has 3 nitrogen and oxygen atoms in total. The Bertz CT molecular complexity index is 715. The van der Waals surface area contributed by atoms with Crippen LogP contribution < -0.4 is 0 Å². The first-order chi connectivity index (χ1) is 11.2. The van der Waals surface area contributed by atoms with Gasteiger partial charge in [0.15, 0.2) is 0 Å². The fraction of sp³-hybridized carbons (Fsp3) is 0.500. The third kappa shape index (κ3) is 2.88. The van der Waals surface area contributed by atoms with E-state index in [4.69, 9.17) is 11.6 Å². The van der Waals surface area contributed by atoms with Crippen LogP contribution in [-0.4, -0.2) is 47.9 Å². The summed E-state index contributed by atoms with van der Waals surface area (Å²) in [7, 11) is 0. The Morgan fingerprint density at radius 2 is 1.78 bits per heavy atom. The molecular weight excluding hydrogens is 328 g/mol. The van der Waals surface area contributed by atoms with Crippen molar-refractivity contribution in [2.75, 3.05) is 26.2 Å². The predicted molar refractivity (Wildman–Crippen MR) is 96.6 cm³/mol. The number of hydrogen-bond donors (Lipinski definition) is 0. The summed E-state index contributed by atoms with van der Waals surface area (Å²) in [6.07, 6.45) is 5.38. The Morgan fingerprint density at radius 1 is 1.09 bits per heavy atom. The SMILES string of the molecule is O=C(c1sc2ccccc2c1Cl)N1CCN(C2CCCC2)CC1. The minimum absolute atomic E-state index is 0.0993. The van der Waals surface area contributed by atoms with Gasteiger partial charge in [0.1, 0.15) is 4.88 Å². The van der Waals surface area contributed by atoms with Gasteiger partial charge in [0.2, 0.25) is 0 Å². The molecule has 122 valence electrons. The van der Waals surface area contributed by atoms with Crippen LogP contribution in [0.2, 0.25) is 5.02 Å². The molecule has 4 rings (SSSR count). The van der Waals surface area contributed by atoms with Gasteiger partial charge in [0.05, 0.1) is 5.02 Å². The summed E-state index contributed by atoms with van der Waals surface area (Å²) in [5, 5.41) is 1.61. The van der Waals surface area contributed by atoms with Crippen molar-refractivity contribution >= 4 is 38.9 Å². The highest BCUT2D eigenvalue weighted by atomic mass is 35.5. The fourth-order valence-electron chi connectivity index (χ4n) is 3.85. The number of halogens is 1. The minimum Gasteiger partial charge on any atom is -0.335 e. The van der Waals surface area contributed by atoms with Gasteiger partial charge in [-0.3, -0.25) is 9.69 Å². The van der Waals surface area contributed by atoms with Gasteiger partial charge in [-0.15, -0.1) is 11.3 Å². The van der Waals surface area contributed by atoms with Crippen LogP contribution in [0.15, 0.2) is 24.3 Å². The molecule has 1 aromatic heterocycles. The Hall–Kier alpha value is -1.10. The van der Waals surface area contributed by atoms with Crippen LogP contribution in [0.4, 0.5) is 0 Å². The average Bonchev–Trinajstić information content (AvgIpc) is 3.23. The molecule has 1 saturated carbocycles. The molecule has 1 aliphatic carbocycles. The monoisotopic (exact) mass is 348 g/mol. The van der Waals surface area contributed by atoms with E-state index in [1.807, 2.05) is 29.2 Å². The molecule has 0 bridgehead atoms. The molecule has 2 heterocycles. The molecule has 0 unspecified atom stereocenters. The first-order valence-corrected chi connectivity index (χ1v) is 9.64. The molecule has 23 heavy (non-hydrogen) atoms. The van der Waals surface area contributed by atoms with Gasteiger partial charge in [-0.05, 0) is 18.9 Å². The summed E-state index contributed by atoms with van der Waals surface area (Å²) < 4.78 is 1.09. The molecule has 2 aliphatic rings. The highest BCUT2D eigenvalue weighted by molar-refractivity contribution is 7.21. The van der Waals surface area contributed by atoms with Crippen molar-refractivity contribution in [1.29, 1.82) is 0 Å². The number of carbonyl (C=O) groups is 1. The number of rotatable bonds is 2. The number of amides is 1. The summed E-state index contributed by atoms with van der Waals surface area (Å²) in [6.45, 7) is 3.64. The van der Waals surface area contributed by atoms with Crippen molar-refractivity contribution < 1.29 is 4.79 Å². The number of hydrogen-bond acceptors (Lipinski definition) is 3. The normalized spacial score (nSPS) is 20.5. The largest absolute Gasteiger partial charge is 0.335 e. The molecule has 1 amide bonds. The second-order valence-corrected chi connectivity index (χ2v) is 7.94. The van der Waals surface area contributed by atoms with Gasteiger partial charge < -0.3 is 4.90 Å². The van der Waals surface area contributed by atoms with Crippen LogP contribution in [0, 0.1) is 0 Å². The van der Waals surface area contributed by atoms with E-state index in [0.29, 0.717) is 9.90 Å². The van der Waals surface area contributed by atoms with Crippen LogP contribution in [0.1, 0.15) is 35.4 Å². The lowest BCUT2D eigenvalue weighted by atomic mass is 10.1. The first kappa shape index (κ1) is 15.4. The lowest BCUT2D eigenvalue weighted by Gasteiger charge is -2.37. The zero-order valence-corrected chi connectivity index (χ0v) is 14.7. The van der Waals surface area contributed by atoms with Gasteiger partial charge in [0.25, 0.3) is 5.91 Å². The number of carbonyl (C=O) groups excluding carboxylic acids is 1. The third-order valence-electron chi connectivity index (χ3n) is 5.17. The molecule has 5 heteroatoms. The van der Waals surface area contributed by atoms with Crippen molar-refractivity contribution in [2.24, 2.45) is 0 Å². The second kappa shape index (κ2) is 6.42. The van der Waals surface area contributed by atoms with Gasteiger partial charge in [-0.25, -0.2) is 0 Å². The van der Waals surface area contributed by atoms with Crippen molar-refractivity contribution in [3.8, 4) is 0 Å². The first-order valence-electron chi connectivity index (χ1n) is 8.44. The maximum absolute atomic E-state index is 12.9. The predicted octanol–water partition coefficient (Wildman–Crippen LogP) is 4.26. The van der Waals surface area contributed by atoms with E-state index in [2.05, 4.69) is 4.90 Å². The van der Waals surface area contributed by atoms with Crippen molar-refractivity contribution in [3.63, 3.8) is 0 Å². The third-order valence-corrected chi connectivity index (χ3v) is 6.84. The standard InChI is InChI=1S/C18H21ClN2OS/c19-16-14-7-3-4-8-15(14)23-17(16)18(22)21-11-9-20(10-12-21)13-5-1-2-6-13/h3-4,7-8,13H,1-2,5-6,9-12H2. The van der Waals surface area contributed by atoms with Gasteiger partial charge in [-0.1, -0.05) is 42.6 Å². The number of fused-ring (bicyclic) bond motifs is 1. The molecule has 1 aromatic carbocycles. The van der Waals surface area contributed by atoms with E-state index in [1.165, 1.54) is 37.0 Å². The Morgan fingerprint density at radius 3 is 2.48 bits per heavy atom. The highest BCUT2D eigenvalue weighted by Gasteiger charge is 2.29. The smallest absolute Gasteiger partial charge is 0.265 e. The van der Waals surface area contributed by atoms with Crippen molar-refractivity contribution in [2.45, 2.75) is 31.7 Å². The number of thiophene rings is 1. The second-order valence-electron chi connectivity index (χ2n) is 6.51. The lowest BCUT2D eigenvalue weighted by molar-refractivity contribution is 0.0578. The molecule has 2 fully saturated rings. The number of benzene rings is 1. The van der Waals surface area contributed by atoms with Crippen molar-refractivity contribution in [3.05, 3.63) is 34.2 Å². The Labute approximate surface area is 145 Å². The molecular formula is C18H21ClN2OS. The molecule has 0 N–H and O–H groups in total. The summed E-state index contributed by atoms with van der Waals surface area (Å²) in [5.41, 5.74) is 0. The molecule has 2 aromatic rings. The maximum atomic E-state index is 12.9. The van der Waals surface area contributed by atoms with Crippen LogP contribution in [0.3, 0.4) is 0 Å². The molecule has 0 radical (unpaired) electrons. The zero-order valence-electron chi connectivity index (χ0n) is 13.1. The topological polar surface area (TPSA) is 23.6 Å². The van der Waals surface area contributed by atoms with Crippen LogP contribution in [-0.2, 0) is 0 Å². The average molecular weight is 349 g/mol. The zero-order chi connectivity index (χ0) is 15.8. The number of piperazine rings is 1. The van der Waals surface area contributed by atoms with E-state index < -0.39 is 0 Å². The quantitative estimate of drug-likeness (QED) is 0.809. The molecule has 1 aliphatic heterocycles. The Kier molecular flexibility index (Phi) is 4.31.